The maximum atomic E-state index is 12.0. The Bertz CT molecular complexity index is 545. The van der Waals surface area contributed by atoms with Gasteiger partial charge in [0.1, 0.15) is 6.04 Å². The summed E-state index contributed by atoms with van der Waals surface area (Å²) in [6, 6.07) is 5.13. The van der Waals surface area contributed by atoms with Gasteiger partial charge >= 0.3 is 5.97 Å². The molecular formula is C12H16ClNO4S2. The summed E-state index contributed by atoms with van der Waals surface area (Å²) in [5.41, 5.74) is 5.35. The highest BCUT2D eigenvalue weighted by Gasteiger charge is 2.15. The van der Waals surface area contributed by atoms with E-state index in [0.717, 1.165) is 0 Å². The van der Waals surface area contributed by atoms with Gasteiger partial charge in [0.15, 0.2) is 9.84 Å². The number of halogens is 1. The molecular weight excluding hydrogens is 322 g/mol. The second-order valence-electron chi connectivity index (χ2n) is 4.12. The maximum Gasteiger partial charge on any atom is 0.320 e. The van der Waals surface area contributed by atoms with E-state index in [1.54, 1.807) is 0 Å². The average Bonchev–Trinajstić information content (AvgIpc) is 2.38. The number of thioether (sulfide) groups is 1. The zero-order chi connectivity index (χ0) is 15.2. The van der Waals surface area contributed by atoms with Crippen LogP contribution in [-0.4, -0.2) is 42.8 Å². The first-order valence-corrected chi connectivity index (χ1v) is 9.06. The predicted octanol–water partition coefficient (Wildman–Crippen LogP) is 1.65. The van der Waals surface area contributed by atoms with Gasteiger partial charge in [0.25, 0.3) is 0 Å². The summed E-state index contributed by atoms with van der Waals surface area (Å²) < 4.78 is 23.9. The summed E-state index contributed by atoms with van der Waals surface area (Å²) in [6.07, 6.45) is 0.320. The van der Waals surface area contributed by atoms with Crippen molar-refractivity contribution in [2.24, 2.45) is 5.73 Å². The van der Waals surface area contributed by atoms with Crippen molar-refractivity contribution in [3.05, 3.63) is 29.3 Å². The van der Waals surface area contributed by atoms with Gasteiger partial charge in [0, 0.05) is 10.8 Å². The van der Waals surface area contributed by atoms with E-state index in [1.165, 1.54) is 36.0 Å². The Kier molecular flexibility index (Phi) is 6.81. The van der Waals surface area contributed by atoms with Crippen LogP contribution in [0.1, 0.15) is 6.42 Å². The number of nitrogens with two attached hydrogens (primary N) is 1. The van der Waals surface area contributed by atoms with Crippen molar-refractivity contribution >= 4 is 39.2 Å². The Morgan fingerprint density at radius 1 is 1.30 bits per heavy atom. The number of aliphatic carboxylic acids is 1. The molecule has 0 aromatic heterocycles. The van der Waals surface area contributed by atoms with Gasteiger partial charge in [-0.15, -0.1) is 0 Å². The van der Waals surface area contributed by atoms with Crippen molar-refractivity contribution in [2.45, 2.75) is 17.4 Å². The lowest BCUT2D eigenvalue weighted by Crippen LogP contribution is -2.30. The largest absolute Gasteiger partial charge is 0.480 e. The highest BCUT2D eigenvalue weighted by atomic mass is 35.5. The van der Waals surface area contributed by atoms with Gasteiger partial charge in [-0.3, -0.25) is 4.79 Å². The quantitative estimate of drug-likeness (QED) is 0.700. The van der Waals surface area contributed by atoms with Gasteiger partial charge in [-0.2, -0.15) is 11.8 Å². The number of sulfone groups is 1. The van der Waals surface area contributed by atoms with Gasteiger partial charge in [-0.1, -0.05) is 11.6 Å². The molecule has 1 aromatic carbocycles. The van der Waals surface area contributed by atoms with Gasteiger partial charge in [-0.05, 0) is 36.4 Å². The van der Waals surface area contributed by atoms with Crippen LogP contribution < -0.4 is 5.73 Å². The lowest BCUT2D eigenvalue weighted by molar-refractivity contribution is -0.138. The van der Waals surface area contributed by atoms with Gasteiger partial charge in [0.05, 0.1) is 10.6 Å². The first-order valence-electron chi connectivity index (χ1n) is 5.87. The third kappa shape index (κ3) is 5.70. The number of hydrogen-bond donors (Lipinski definition) is 2. The molecule has 0 aliphatic heterocycles. The standard InChI is InChI=1S/C12H16ClNO4S2/c13-9-1-3-10(4-2-9)20(17,18)8-7-19-6-5-11(14)12(15)16/h1-4,11H,5-8,14H2,(H,15,16). The van der Waals surface area contributed by atoms with Crippen LogP contribution in [0, 0.1) is 0 Å². The third-order valence-corrected chi connectivity index (χ3v) is 5.82. The zero-order valence-electron chi connectivity index (χ0n) is 10.7. The molecule has 0 aliphatic carbocycles. The predicted molar refractivity (Wildman–Crippen MR) is 81.1 cm³/mol. The highest BCUT2D eigenvalue weighted by Crippen LogP contribution is 2.16. The van der Waals surface area contributed by atoms with Crippen LogP contribution in [-0.2, 0) is 14.6 Å². The van der Waals surface area contributed by atoms with E-state index in [9.17, 15) is 13.2 Å². The number of carbonyl (C=O) groups is 1. The Labute approximate surface area is 127 Å². The molecule has 1 unspecified atom stereocenters. The van der Waals surface area contributed by atoms with Crippen LogP contribution in [0.5, 0.6) is 0 Å². The molecule has 112 valence electrons. The molecule has 1 atom stereocenters. The molecule has 1 rings (SSSR count). The summed E-state index contributed by atoms with van der Waals surface area (Å²) >= 11 is 7.08. The van der Waals surface area contributed by atoms with E-state index in [2.05, 4.69) is 0 Å². The molecule has 0 fully saturated rings. The normalized spacial score (nSPS) is 13.1. The van der Waals surface area contributed by atoms with E-state index < -0.39 is 21.8 Å². The van der Waals surface area contributed by atoms with Gasteiger partial charge in [0.2, 0.25) is 0 Å². The minimum atomic E-state index is -3.32. The Balaban J connectivity index is 2.37. The SMILES string of the molecule is NC(CCSCCS(=O)(=O)c1ccc(Cl)cc1)C(=O)O. The molecule has 0 saturated carbocycles. The monoisotopic (exact) mass is 337 g/mol. The van der Waals surface area contributed by atoms with Crippen molar-refractivity contribution in [3.8, 4) is 0 Å². The van der Waals surface area contributed by atoms with E-state index in [4.69, 9.17) is 22.4 Å². The molecule has 0 amide bonds. The molecule has 0 bridgehead atoms. The topological polar surface area (TPSA) is 97.5 Å². The van der Waals surface area contributed by atoms with E-state index in [0.29, 0.717) is 22.9 Å². The first kappa shape index (κ1) is 17.3. The summed E-state index contributed by atoms with van der Waals surface area (Å²) in [5, 5.41) is 9.08. The number of rotatable bonds is 8. The fourth-order valence-electron chi connectivity index (χ4n) is 1.36. The Morgan fingerprint density at radius 3 is 2.45 bits per heavy atom. The Hall–Kier alpha value is -0.760. The summed E-state index contributed by atoms with van der Waals surface area (Å²) in [6.45, 7) is 0. The van der Waals surface area contributed by atoms with Crippen LogP contribution in [0.15, 0.2) is 29.2 Å². The summed E-state index contributed by atoms with van der Waals surface area (Å²) in [7, 11) is -3.32. The van der Waals surface area contributed by atoms with Crippen molar-refractivity contribution in [3.63, 3.8) is 0 Å². The van der Waals surface area contributed by atoms with Gasteiger partial charge < -0.3 is 10.8 Å². The molecule has 0 heterocycles. The molecule has 0 spiro atoms. The van der Waals surface area contributed by atoms with Crippen LogP contribution >= 0.6 is 23.4 Å². The number of hydrogen-bond acceptors (Lipinski definition) is 5. The number of carboxylic acid groups (broad SMARTS) is 1. The van der Waals surface area contributed by atoms with E-state index in [1.807, 2.05) is 0 Å². The number of benzene rings is 1. The van der Waals surface area contributed by atoms with Crippen LogP contribution in [0.2, 0.25) is 5.02 Å². The molecule has 1 aromatic rings. The fourth-order valence-corrected chi connectivity index (χ4v) is 4.25. The second-order valence-corrected chi connectivity index (χ2v) is 7.89. The maximum absolute atomic E-state index is 12.0. The molecule has 20 heavy (non-hydrogen) atoms. The third-order valence-electron chi connectivity index (χ3n) is 2.56. The van der Waals surface area contributed by atoms with Crippen LogP contribution in [0.3, 0.4) is 0 Å². The lowest BCUT2D eigenvalue weighted by Gasteiger charge is -2.07. The summed E-state index contributed by atoms with van der Waals surface area (Å²) in [5.74, 6) is -0.123. The van der Waals surface area contributed by atoms with Crippen molar-refractivity contribution < 1.29 is 18.3 Å². The Morgan fingerprint density at radius 2 is 1.90 bits per heavy atom. The fraction of sp³-hybridized carbons (Fsp3) is 0.417. The van der Waals surface area contributed by atoms with E-state index >= 15 is 0 Å². The first-order chi connectivity index (χ1) is 9.33. The molecule has 0 saturated heterocycles. The minimum Gasteiger partial charge on any atom is -0.480 e. The summed E-state index contributed by atoms with van der Waals surface area (Å²) in [4.78, 5) is 10.7. The number of carboxylic acids is 1. The van der Waals surface area contributed by atoms with Crippen LogP contribution in [0.25, 0.3) is 0 Å². The highest BCUT2D eigenvalue weighted by molar-refractivity contribution is 8.00. The average molecular weight is 338 g/mol. The van der Waals surface area contributed by atoms with Crippen molar-refractivity contribution in [2.75, 3.05) is 17.3 Å². The lowest BCUT2D eigenvalue weighted by atomic mass is 10.2. The minimum absolute atomic E-state index is 0.00160. The molecule has 3 N–H and O–H groups in total. The second kappa shape index (κ2) is 7.87. The van der Waals surface area contributed by atoms with Crippen LogP contribution in [0.4, 0.5) is 0 Å². The molecule has 8 heteroatoms. The smallest absolute Gasteiger partial charge is 0.320 e. The van der Waals surface area contributed by atoms with Gasteiger partial charge in [-0.25, -0.2) is 8.42 Å². The molecule has 0 radical (unpaired) electrons. The zero-order valence-corrected chi connectivity index (χ0v) is 13.0. The molecule has 0 aliphatic rings. The van der Waals surface area contributed by atoms with Crippen molar-refractivity contribution in [1.29, 1.82) is 0 Å². The molecule has 5 nitrogen and oxygen atoms in total. The van der Waals surface area contributed by atoms with Crippen molar-refractivity contribution in [1.82, 2.24) is 0 Å². The van der Waals surface area contributed by atoms with E-state index in [-0.39, 0.29) is 10.6 Å².